The summed E-state index contributed by atoms with van der Waals surface area (Å²) >= 11 is 0. The largest absolute Gasteiger partial charge is 0.294 e. The maximum Gasteiger partial charge on any atom is 0.163 e. The highest BCUT2D eigenvalue weighted by molar-refractivity contribution is 6.02. The molecule has 0 spiro atoms. The Morgan fingerprint density at radius 3 is 2.35 bits per heavy atom. The van der Waals surface area contributed by atoms with Crippen LogP contribution >= 0.6 is 0 Å². The molecule has 0 fully saturated rings. The van der Waals surface area contributed by atoms with Gasteiger partial charge < -0.3 is 0 Å². The van der Waals surface area contributed by atoms with E-state index in [0.717, 1.165) is 30.4 Å². The third-order valence-corrected chi connectivity index (χ3v) is 4.98. The number of benzene rings is 1. The molecule has 0 aliphatic rings. The summed E-state index contributed by atoms with van der Waals surface area (Å²) in [6.45, 7) is 4.43. The van der Waals surface area contributed by atoms with Gasteiger partial charge in [0.1, 0.15) is 0 Å². The van der Waals surface area contributed by atoms with Crippen molar-refractivity contribution < 1.29 is 4.79 Å². The van der Waals surface area contributed by atoms with Gasteiger partial charge in [0.05, 0.1) is 0 Å². The van der Waals surface area contributed by atoms with E-state index in [2.05, 4.69) is 31.0 Å². The highest BCUT2D eigenvalue weighted by atomic mass is 16.1. The van der Waals surface area contributed by atoms with Crippen molar-refractivity contribution in [1.82, 2.24) is 4.98 Å². The molecule has 2 rings (SSSR count). The maximum absolute atomic E-state index is 12.8. The summed E-state index contributed by atoms with van der Waals surface area (Å²) in [5, 5.41) is 0. The van der Waals surface area contributed by atoms with Crippen LogP contribution in [0.4, 0.5) is 0 Å². The van der Waals surface area contributed by atoms with E-state index in [-0.39, 0.29) is 5.78 Å². The number of Topliss-reactive ketones (excluding diaryl/α,β-unsaturated/α-hetero) is 1. The highest BCUT2D eigenvalue weighted by Crippen LogP contribution is 2.29. The fourth-order valence-electron chi connectivity index (χ4n) is 3.44. The van der Waals surface area contributed by atoms with Crippen LogP contribution in [0.2, 0.25) is 0 Å². The lowest BCUT2D eigenvalue weighted by atomic mass is 9.91. The fourth-order valence-corrected chi connectivity index (χ4v) is 3.44. The molecule has 2 heteroatoms. The molecule has 26 heavy (non-hydrogen) atoms. The molecule has 0 N–H and O–H groups in total. The van der Waals surface area contributed by atoms with Gasteiger partial charge in [-0.05, 0) is 42.0 Å². The maximum atomic E-state index is 12.8. The number of unbranched alkanes of at least 4 members (excludes halogenated alkanes) is 6. The third-order valence-electron chi connectivity index (χ3n) is 4.98. The number of rotatable bonds is 12. The van der Waals surface area contributed by atoms with E-state index in [1.807, 2.05) is 30.6 Å². The SMILES string of the molecule is CCCCCCC(=O)c1ccccc1-c1ccncc1CCCCCC. The van der Waals surface area contributed by atoms with Crippen LogP contribution in [0.15, 0.2) is 42.7 Å². The van der Waals surface area contributed by atoms with E-state index in [4.69, 9.17) is 0 Å². The van der Waals surface area contributed by atoms with Gasteiger partial charge in [-0.3, -0.25) is 9.78 Å². The molecular formula is C24H33NO. The molecule has 0 unspecified atom stereocenters. The first kappa shape index (κ1) is 20.4. The minimum atomic E-state index is 0.269. The van der Waals surface area contributed by atoms with Crippen LogP contribution in [0.5, 0.6) is 0 Å². The van der Waals surface area contributed by atoms with Crippen LogP contribution in [0.1, 0.15) is 87.6 Å². The first-order chi connectivity index (χ1) is 12.8. The van der Waals surface area contributed by atoms with E-state index in [9.17, 15) is 4.79 Å². The Labute approximate surface area is 159 Å². The molecule has 0 aliphatic carbocycles. The summed E-state index contributed by atoms with van der Waals surface area (Å²) in [6.07, 6.45) is 15.0. The van der Waals surface area contributed by atoms with Crippen molar-refractivity contribution in [1.29, 1.82) is 0 Å². The van der Waals surface area contributed by atoms with Gasteiger partial charge in [0.15, 0.2) is 5.78 Å². The molecule has 1 aromatic heterocycles. The van der Waals surface area contributed by atoms with Crippen LogP contribution in [-0.4, -0.2) is 10.8 Å². The Morgan fingerprint density at radius 2 is 1.58 bits per heavy atom. The van der Waals surface area contributed by atoms with Gasteiger partial charge in [0.2, 0.25) is 0 Å². The van der Waals surface area contributed by atoms with Crippen LogP contribution in [0.3, 0.4) is 0 Å². The second-order valence-corrected chi connectivity index (χ2v) is 7.12. The monoisotopic (exact) mass is 351 g/mol. The molecule has 0 saturated heterocycles. The summed E-state index contributed by atoms with van der Waals surface area (Å²) in [5.74, 6) is 0.269. The minimum absolute atomic E-state index is 0.269. The van der Waals surface area contributed by atoms with E-state index in [1.165, 1.54) is 49.7 Å². The lowest BCUT2D eigenvalue weighted by Gasteiger charge is -2.13. The van der Waals surface area contributed by atoms with Crippen molar-refractivity contribution in [3.63, 3.8) is 0 Å². The Hall–Kier alpha value is -1.96. The molecule has 0 saturated carbocycles. The molecule has 0 amide bonds. The van der Waals surface area contributed by atoms with Crippen LogP contribution in [0.25, 0.3) is 11.1 Å². The van der Waals surface area contributed by atoms with Crippen molar-refractivity contribution in [2.24, 2.45) is 0 Å². The topological polar surface area (TPSA) is 30.0 Å². The molecule has 0 radical (unpaired) electrons. The van der Waals surface area contributed by atoms with Gasteiger partial charge in [-0.1, -0.05) is 76.6 Å². The van der Waals surface area contributed by atoms with Crippen LogP contribution in [-0.2, 0) is 6.42 Å². The number of aromatic nitrogens is 1. The summed E-state index contributed by atoms with van der Waals surface area (Å²) in [7, 11) is 0. The molecule has 0 bridgehead atoms. The second kappa shape index (κ2) is 11.6. The average molecular weight is 352 g/mol. The van der Waals surface area contributed by atoms with Crippen molar-refractivity contribution in [3.8, 4) is 11.1 Å². The number of nitrogens with zero attached hydrogens (tertiary/aromatic N) is 1. The number of ketones is 1. The van der Waals surface area contributed by atoms with Gasteiger partial charge in [0, 0.05) is 24.4 Å². The quantitative estimate of drug-likeness (QED) is 0.303. The Bertz CT molecular complexity index is 677. The first-order valence-corrected chi connectivity index (χ1v) is 10.3. The molecule has 0 atom stereocenters. The van der Waals surface area contributed by atoms with Gasteiger partial charge in [0.25, 0.3) is 0 Å². The Kier molecular flexibility index (Phi) is 9.09. The van der Waals surface area contributed by atoms with E-state index in [0.29, 0.717) is 6.42 Å². The number of hydrogen-bond acceptors (Lipinski definition) is 2. The Balaban J connectivity index is 2.17. The van der Waals surface area contributed by atoms with Gasteiger partial charge in [-0.25, -0.2) is 0 Å². The van der Waals surface area contributed by atoms with E-state index < -0.39 is 0 Å². The third kappa shape index (κ3) is 6.09. The second-order valence-electron chi connectivity index (χ2n) is 7.12. The number of hydrogen-bond donors (Lipinski definition) is 0. The van der Waals surface area contributed by atoms with Crippen molar-refractivity contribution >= 4 is 5.78 Å². The zero-order valence-corrected chi connectivity index (χ0v) is 16.5. The van der Waals surface area contributed by atoms with Gasteiger partial charge in [-0.15, -0.1) is 0 Å². The van der Waals surface area contributed by atoms with Crippen molar-refractivity contribution in [2.75, 3.05) is 0 Å². The minimum Gasteiger partial charge on any atom is -0.294 e. The Morgan fingerprint density at radius 1 is 0.846 bits per heavy atom. The smallest absolute Gasteiger partial charge is 0.163 e. The lowest BCUT2D eigenvalue weighted by Crippen LogP contribution is -2.03. The molecule has 2 nitrogen and oxygen atoms in total. The summed E-state index contributed by atoms with van der Waals surface area (Å²) in [4.78, 5) is 17.1. The lowest BCUT2D eigenvalue weighted by molar-refractivity contribution is 0.0980. The van der Waals surface area contributed by atoms with Gasteiger partial charge >= 0.3 is 0 Å². The first-order valence-electron chi connectivity index (χ1n) is 10.3. The van der Waals surface area contributed by atoms with Crippen molar-refractivity contribution in [2.45, 2.75) is 78.1 Å². The zero-order chi connectivity index (χ0) is 18.6. The number of aryl methyl sites for hydroxylation is 1. The molecule has 1 heterocycles. The highest BCUT2D eigenvalue weighted by Gasteiger charge is 2.14. The molecular weight excluding hydrogens is 318 g/mol. The summed E-state index contributed by atoms with van der Waals surface area (Å²) in [6, 6.07) is 10.1. The van der Waals surface area contributed by atoms with E-state index >= 15 is 0 Å². The number of pyridine rings is 1. The number of carbonyl (C=O) groups is 1. The van der Waals surface area contributed by atoms with Crippen LogP contribution < -0.4 is 0 Å². The molecule has 1 aromatic carbocycles. The predicted molar refractivity (Wildman–Crippen MR) is 111 cm³/mol. The molecule has 140 valence electrons. The zero-order valence-electron chi connectivity index (χ0n) is 16.5. The summed E-state index contributed by atoms with van der Waals surface area (Å²) < 4.78 is 0. The predicted octanol–water partition coefficient (Wildman–Crippen LogP) is 7.02. The summed E-state index contributed by atoms with van der Waals surface area (Å²) in [5.41, 5.74) is 4.37. The van der Waals surface area contributed by atoms with Crippen molar-refractivity contribution in [3.05, 3.63) is 53.9 Å². The number of carbonyl (C=O) groups excluding carboxylic acids is 1. The molecule has 2 aromatic rings. The fraction of sp³-hybridized carbons (Fsp3) is 0.500. The molecule has 0 aliphatic heterocycles. The average Bonchev–Trinajstić information content (AvgIpc) is 2.69. The normalized spacial score (nSPS) is 10.8. The standard InChI is InChI=1S/C24H33NO/c1-3-5-7-9-13-20-19-25-18-17-21(20)22-14-11-12-15-23(22)24(26)16-10-8-6-4-2/h11-12,14-15,17-19H,3-10,13,16H2,1-2H3. The van der Waals surface area contributed by atoms with Gasteiger partial charge in [-0.2, -0.15) is 0 Å². The van der Waals surface area contributed by atoms with Crippen LogP contribution in [0, 0.1) is 0 Å². The van der Waals surface area contributed by atoms with E-state index in [1.54, 1.807) is 0 Å².